The molecule has 1 aliphatic rings. The molecular weight excluding hydrogens is 246 g/mol. The van der Waals surface area contributed by atoms with Crippen molar-refractivity contribution < 1.29 is 14.6 Å². The van der Waals surface area contributed by atoms with Crippen molar-refractivity contribution in [2.24, 2.45) is 0 Å². The molecule has 7 heteroatoms. The average Bonchev–Trinajstić information content (AvgIpc) is 2.29. The lowest BCUT2D eigenvalue weighted by atomic mass is 10.1. The molecule has 1 aromatic rings. The number of halogens is 1. The molecule has 0 aromatic carbocycles. The number of likely N-dealkylation sites (tertiary alicyclic amines) is 1. The van der Waals surface area contributed by atoms with Gasteiger partial charge in [0.1, 0.15) is 6.10 Å². The summed E-state index contributed by atoms with van der Waals surface area (Å²) in [6.45, 7) is 0.903. The van der Waals surface area contributed by atoms with Crippen LogP contribution in [0.4, 0.5) is 4.79 Å². The summed E-state index contributed by atoms with van der Waals surface area (Å²) in [7, 11) is 0. The van der Waals surface area contributed by atoms with Crippen LogP contribution < -0.4 is 4.74 Å². The van der Waals surface area contributed by atoms with Gasteiger partial charge >= 0.3 is 6.09 Å². The first-order valence-electron chi connectivity index (χ1n) is 5.27. The molecule has 0 bridgehead atoms. The molecule has 1 unspecified atom stereocenters. The van der Waals surface area contributed by atoms with E-state index in [1.54, 1.807) is 0 Å². The van der Waals surface area contributed by atoms with Gasteiger partial charge in [-0.1, -0.05) is 11.6 Å². The standard InChI is InChI=1S/C10H12ClN3O3/c11-8-4-12-5-9(13-8)17-7-2-1-3-14(6-7)10(15)16/h4-5,7H,1-3,6H2,(H,15,16). The van der Waals surface area contributed by atoms with E-state index in [0.29, 0.717) is 19.0 Å². The van der Waals surface area contributed by atoms with Crippen molar-refractivity contribution >= 4 is 17.7 Å². The molecule has 92 valence electrons. The van der Waals surface area contributed by atoms with Crippen LogP contribution in [0.25, 0.3) is 0 Å². The van der Waals surface area contributed by atoms with Gasteiger partial charge in [-0.15, -0.1) is 0 Å². The minimum atomic E-state index is -0.921. The number of carbonyl (C=O) groups is 1. The molecule has 2 rings (SSSR count). The van der Waals surface area contributed by atoms with Crippen LogP contribution in [0.2, 0.25) is 5.15 Å². The summed E-state index contributed by atoms with van der Waals surface area (Å²) >= 11 is 5.68. The fraction of sp³-hybridized carbons (Fsp3) is 0.500. The lowest BCUT2D eigenvalue weighted by molar-refractivity contribution is 0.0765. The van der Waals surface area contributed by atoms with Crippen LogP contribution in [0.3, 0.4) is 0 Å². The Balaban J connectivity index is 1.97. The maximum atomic E-state index is 10.8. The van der Waals surface area contributed by atoms with Gasteiger partial charge in [-0.25, -0.2) is 4.79 Å². The number of hydrogen-bond donors (Lipinski definition) is 1. The zero-order valence-corrected chi connectivity index (χ0v) is 9.80. The number of rotatable bonds is 2. The van der Waals surface area contributed by atoms with Crippen molar-refractivity contribution in [3.63, 3.8) is 0 Å². The van der Waals surface area contributed by atoms with Crippen LogP contribution in [0.1, 0.15) is 12.8 Å². The smallest absolute Gasteiger partial charge is 0.407 e. The Morgan fingerprint density at radius 2 is 2.41 bits per heavy atom. The van der Waals surface area contributed by atoms with Crippen LogP contribution >= 0.6 is 11.6 Å². The molecule has 1 amide bonds. The summed E-state index contributed by atoms with van der Waals surface area (Å²) in [5, 5.41) is 9.15. The van der Waals surface area contributed by atoms with Crippen LogP contribution in [0.15, 0.2) is 12.4 Å². The first-order valence-corrected chi connectivity index (χ1v) is 5.65. The number of ether oxygens (including phenoxy) is 1. The minimum Gasteiger partial charge on any atom is -0.471 e. The Labute approximate surface area is 103 Å². The summed E-state index contributed by atoms with van der Waals surface area (Å²) < 4.78 is 5.55. The van der Waals surface area contributed by atoms with Crippen molar-refractivity contribution in [1.82, 2.24) is 14.9 Å². The van der Waals surface area contributed by atoms with Crippen LogP contribution in [-0.4, -0.2) is 45.3 Å². The number of hydrogen-bond acceptors (Lipinski definition) is 4. The van der Waals surface area contributed by atoms with Crippen molar-refractivity contribution in [2.45, 2.75) is 18.9 Å². The Bertz CT molecular complexity index is 416. The molecule has 1 saturated heterocycles. The van der Waals surface area contributed by atoms with E-state index >= 15 is 0 Å². The van der Waals surface area contributed by atoms with Crippen molar-refractivity contribution in [2.75, 3.05) is 13.1 Å². The van der Waals surface area contributed by atoms with Crippen molar-refractivity contribution in [3.8, 4) is 5.88 Å². The highest BCUT2D eigenvalue weighted by Gasteiger charge is 2.24. The topological polar surface area (TPSA) is 75.5 Å². The summed E-state index contributed by atoms with van der Waals surface area (Å²) in [6.07, 6.45) is 3.36. The highest BCUT2D eigenvalue weighted by Crippen LogP contribution is 2.17. The lowest BCUT2D eigenvalue weighted by Crippen LogP contribution is -2.43. The maximum Gasteiger partial charge on any atom is 0.407 e. The third-order valence-corrected chi connectivity index (χ3v) is 2.70. The van der Waals surface area contributed by atoms with Crippen LogP contribution in [0.5, 0.6) is 5.88 Å². The third kappa shape index (κ3) is 3.20. The van der Waals surface area contributed by atoms with Gasteiger partial charge < -0.3 is 14.7 Å². The fourth-order valence-electron chi connectivity index (χ4n) is 1.76. The SMILES string of the molecule is O=C(O)N1CCCC(Oc2cncc(Cl)n2)C1. The summed E-state index contributed by atoms with van der Waals surface area (Å²) in [5.41, 5.74) is 0. The number of aromatic nitrogens is 2. The normalized spacial score (nSPS) is 20.1. The lowest BCUT2D eigenvalue weighted by Gasteiger charge is -2.30. The van der Waals surface area contributed by atoms with E-state index in [1.165, 1.54) is 17.3 Å². The first-order chi connectivity index (χ1) is 8.15. The van der Waals surface area contributed by atoms with Crippen LogP contribution in [0, 0.1) is 0 Å². The zero-order chi connectivity index (χ0) is 12.3. The molecule has 1 aliphatic heterocycles. The Hall–Kier alpha value is -1.56. The predicted octanol–water partition coefficient (Wildman–Crippen LogP) is 1.65. The molecule has 1 atom stereocenters. The molecule has 2 heterocycles. The molecule has 6 nitrogen and oxygen atoms in total. The van der Waals surface area contributed by atoms with E-state index < -0.39 is 6.09 Å². The van der Waals surface area contributed by atoms with Gasteiger partial charge in [0.2, 0.25) is 5.88 Å². The van der Waals surface area contributed by atoms with Crippen molar-refractivity contribution in [1.29, 1.82) is 0 Å². The van der Waals surface area contributed by atoms with Gasteiger partial charge in [-0.05, 0) is 12.8 Å². The van der Waals surface area contributed by atoms with Gasteiger partial charge in [0.15, 0.2) is 5.15 Å². The molecule has 1 aromatic heterocycles. The second-order valence-corrected chi connectivity index (χ2v) is 4.18. The fourth-order valence-corrected chi connectivity index (χ4v) is 1.90. The highest BCUT2D eigenvalue weighted by atomic mass is 35.5. The average molecular weight is 258 g/mol. The van der Waals surface area contributed by atoms with Crippen molar-refractivity contribution in [3.05, 3.63) is 17.5 Å². The molecule has 17 heavy (non-hydrogen) atoms. The summed E-state index contributed by atoms with van der Waals surface area (Å²) in [4.78, 5) is 20.0. The molecular formula is C10H12ClN3O3. The molecule has 1 N–H and O–H groups in total. The molecule has 0 saturated carbocycles. The molecule has 0 radical (unpaired) electrons. The molecule has 0 aliphatic carbocycles. The van der Waals surface area contributed by atoms with E-state index in [1.807, 2.05) is 0 Å². The second kappa shape index (κ2) is 5.18. The Morgan fingerprint density at radius 3 is 3.12 bits per heavy atom. The highest BCUT2D eigenvalue weighted by molar-refractivity contribution is 6.29. The Kier molecular flexibility index (Phi) is 3.63. The summed E-state index contributed by atoms with van der Waals surface area (Å²) in [5.74, 6) is 0.328. The second-order valence-electron chi connectivity index (χ2n) is 3.79. The van der Waals surface area contributed by atoms with Gasteiger partial charge in [-0.2, -0.15) is 4.98 Å². The monoisotopic (exact) mass is 257 g/mol. The van der Waals surface area contributed by atoms with Gasteiger partial charge in [-0.3, -0.25) is 4.98 Å². The predicted molar refractivity (Wildman–Crippen MR) is 60.3 cm³/mol. The number of carboxylic acid groups (broad SMARTS) is 1. The van der Waals surface area contributed by atoms with Gasteiger partial charge in [0, 0.05) is 6.54 Å². The number of nitrogens with zero attached hydrogens (tertiary/aromatic N) is 3. The molecule has 1 fully saturated rings. The van der Waals surface area contributed by atoms with E-state index in [4.69, 9.17) is 21.4 Å². The number of amides is 1. The molecule has 0 spiro atoms. The van der Waals surface area contributed by atoms with Crippen LogP contribution in [-0.2, 0) is 0 Å². The largest absolute Gasteiger partial charge is 0.471 e. The third-order valence-electron chi connectivity index (χ3n) is 2.52. The number of piperidine rings is 1. The van der Waals surface area contributed by atoms with E-state index in [9.17, 15) is 4.79 Å². The first kappa shape index (κ1) is 11.9. The maximum absolute atomic E-state index is 10.8. The minimum absolute atomic E-state index is 0.187. The van der Waals surface area contributed by atoms with E-state index in [0.717, 1.165) is 12.8 Å². The zero-order valence-electron chi connectivity index (χ0n) is 9.04. The van der Waals surface area contributed by atoms with E-state index in [2.05, 4.69) is 9.97 Å². The van der Waals surface area contributed by atoms with Gasteiger partial charge in [0.05, 0.1) is 18.9 Å². The summed E-state index contributed by atoms with van der Waals surface area (Å²) in [6, 6.07) is 0. The van der Waals surface area contributed by atoms with E-state index in [-0.39, 0.29) is 11.3 Å². The van der Waals surface area contributed by atoms with Gasteiger partial charge in [0.25, 0.3) is 0 Å². The Morgan fingerprint density at radius 1 is 1.59 bits per heavy atom. The quantitative estimate of drug-likeness (QED) is 0.872.